The van der Waals surface area contributed by atoms with Crippen LogP contribution in [0.2, 0.25) is 0 Å². The number of carbonyl (C=O) groups is 1. The molecule has 14 heavy (non-hydrogen) atoms. The summed E-state index contributed by atoms with van der Waals surface area (Å²) in [7, 11) is 0. The van der Waals surface area contributed by atoms with Crippen LogP contribution >= 0.6 is 0 Å². The maximum absolute atomic E-state index is 11.3. The van der Waals surface area contributed by atoms with Gasteiger partial charge < -0.3 is 0 Å². The van der Waals surface area contributed by atoms with Gasteiger partial charge in [-0.25, -0.2) is 4.52 Å². The Morgan fingerprint density at radius 1 is 1.57 bits per heavy atom. The minimum atomic E-state index is -0.436. The molecule has 0 saturated heterocycles. The smallest absolute Gasteiger partial charge is 0.268 e. The molecule has 0 spiro atoms. The van der Waals surface area contributed by atoms with Gasteiger partial charge in [-0.1, -0.05) is 6.07 Å². The van der Waals surface area contributed by atoms with Crippen LogP contribution in [0.25, 0.3) is 5.52 Å². The molecular formula is C9H6N4O. The van der Waals surface area contributed by atoms with Gasteiger partial charge in [-0.2, -0.15) is 10.4 Å². The lowest BCUT2D eigenvalue weighted by atomic mass is 10.2. The van der Waals surface area contributed by atoms with Gasteiger partial charge >= 0.3 is 0 Å². The first-order valence-corrected chi connectivity index (χ1v) is 3.95. The molecule has 1 N–H and O–H groups in total. The van der Waals surface area contributed by atoms with Crippen molar-refractivity contribution in [3.05, 3.63) is 36.2 Å². The second-order valence-corrected chi connectivity index (χ2v) is 2.65. The Kier molecular flexibility index (Phi) is 1.88. The fourth-order valence-electron chi connectivity index (χ4n) is 1.23. The number of nitrogens with zero attached hydrogens (tertiary/aromatic N) is 3. The summed E-state index contributed by atoms with van der Waals surface area (Å²) >= 11 is 0. The third-order valence-electron chi connectivity index (χ3n) is 1.84. The number of nitrogens with one attached hydrogen (secondary N) is 1. The van der Waals surface area contributed by atoms with Crippen LogP contribution in [-0.4, -0.2) is 15.5 Å². The largest absolute Gasteiger partial charge is 0.268 e. The summed E-state index contributed by atoms with van der Waals surface area (Å²) in [6, 6.07) is 5.38. The van der Waals surface area contributed by atoms with E-state index < -0.39 is 5.91 Å². The first kappa shape index (κ1) is 8.26. The molecule has 0 aliphatic rings. The number of pyridine rings is 1. The van der Waals surface area contributed by atoms with Crippen LogP contribution < -0.4 is 5.32 Å². The lowest BCUT2D eigenvalue weighted by molar-refractivity contribution is 0.0974. The normalized spacial score (nSPS) is 9.64. The fourth-order valence-corrected chi connectivity index (χ4v) is 1.23. The van der Waals surface area contributed by atoms with Gasteiger partial charge in [0.05, 0.1) is 17.3 Å². The van der Waals surface area contributed by atoms with E-state index in [1.165, 1.54) is 6.20 Å². The van der Waals surface area contributed by atoms with E-state index in [1.54, 1.807) is 29.0 Å². The molecule has 5 nitrogen and oxygen atoms in total. The number of rotatable bonds is 1. The van der Waals surface area contributed by atoms with Crippen molar-refractivity contribution in [3.8, 4) is 6.19 Å². The molecule has 0 bridgehead atoms. The zero-order valence-electron chi connectivity index (χ0n) is 7.14. The standard InChI is InChI=1S/C9H6N4O/c10-6-11-9(14)7-5-12-13-4-2-1-3-8(7)13/h1-5H,(H,11,14). The Hall–Kier alpha value is -2.35. The van der Waals surface area contributed by atoms with E-state index in [-0.39, 0.29) is 0 Å². The Morgan fingerprint density at radius 2 is 2.43 bits per heavy atom. The average Bonchev–Trinajstić information content (AvgIpc) is 2.61. The molecule has 5 heteroatoms. The third kappa shape index (κ3) is 1.19. The maximum atomic E-state index is 11.3. The second kappa shape index (κ2) is 3.18. The molecule has 0 radical (unpaired) electrons. The molecule has 2 heterocycles. The highest BCUT2D eigenvalue weighted by Crippen LogP contribution is 2.08. The summed E-state index contributed by atoms with van der Waals surface area (Å²) in [5, 5.41) is 14.3. The molecule has 0 fully saturated rings. The lowest BCUT2D eigenvalue weighted by Gasteiger charge is -1.94. The first-order valence-electron chi connectivity index (χ1n) is 3.95. The first-order chi connectivity index (χ1) is 6.83. The number of amides is 1. The van der Waals surface area contributed by atoms with Crippen LogP contribution in [0.4, 0.5) is 0 Å². The molecule has 0 aliphatic heterocycles. The molecule has 2 aromatic rings. The highest BCUT2D eigenvalue weighted by molar-refractivity contribution is 6.01. The van der Waals surface area contributed by atoms with E-state index >= 15 is 0 Å². The monoisotopic (exact) mass is 186 g/mol. The van der Waals surface area contributed by atoms with Gasteiger partial charge in [-0.15, -0.1) is 0 Å². The molecule has 0 aliphatic carbocycles. The highest BCUT2D eigenvalue weighted by atomic mass is 16.1. The average molecular weight is 186 g/mol. The van der Waals surface area contributed by atoms with Crippen molar-refractivity contribution < 1.29 is 4.79 Å². The molecule has 2 aromatic heterocycles. The number of carbonyl (C=O) groups excluding carboxylic acids is 1. The van der Waals surface area contributed by atoms with Crippen molar-refractivity contribution in [1.29, 1.82) is 5.26 Å². The predicted molar refractivity (Wildman–Crippen MR) is 48.3 cm³/mol. The Labute approximate surface area is 79.6 Å². The quantitative estimate of drug-likeness (QED) is 0.522. The van der Waals surface area contributed by atoms with Crippen molar-refractivity contribution >= 4 is 11.4 Å². The van der Waals surface area contributed by atoms with Gasteiger partial charge in [-0.05, 0) is 12.1 Å². The minimum absolute atomic E-state index is 0.396. The van der Waals surface area contributed by atoms with Crippen LogP contribution in [0.5, 0.6) is 0 Å². The van der Waals surface area contributed by atoms with E-state index in [9.17, 15) is 4.79 Å². The fraction of sp³-hybridized carbons (Fsp3) is 0. The lowest BCUT2D eigenvalue weighted by Crippen LogP contribution is -2.16. The molecule has 68 valence electrons. The summed E-state index contributed by atoms with van der Waals surface area (Å²) in [4.78, 5) is 11.3. The summed E-state index contributed by atoms with van der Waals surface area (Å²) in [6.45, 7) is 0. The molecule has 0 saturated carbocycles. The molecular weight excluding hydrogens is 180 g/mol. The van der Waals surface area contributed by atoms with Gasteiger partial charge in [0.2, 0.25) is 0 Å². The molecule has 2 rings (SSSR count). The van der Waals surface area contributed by atoms with Gasteiger partial charge in [0.25, 0.3) is 5.91 Å². The SMILES string of the molecule is N#CNC(=O)c1cnn2ccccc12. The number of nitriles is 1. The Morgan fingerprint density at radius 3 is 3.21 bits per heavy atom. The van der Waals surface area contributed by atoms with Gasteiger partial charge in [0.15, 0.2) is 6.19 Å². The Bertz CT molecular complexity index is 523. The zero-order valence-corrected chi connectivity index (χ0v) is 7.14. The second-order valence-electron chi connectivity index (χ2n) is 2.65. The van der Waals surface area contributed by atoms with Gasteiger partial charge in [0.1, 0.15) is 0 Å². The topological polar surface area (TPSA) is 70.2 Å². The summed E-state index contributed by atoms with van der Waals surface area (Å²) in [5.74, 6) is -0.436. The predicted octanol–water partition coefficient (Wildman–Crippen LogP) is 0.545. The molecule has 1 amide bonds. The summed E-state index contributed by atoms with van der Waals surface area (Å²) < 4.78 is 1.58. The molecule has 0 unspecified atom stereocenters. The number of hydrogen-bond acceptors (Lipinski definition) is 3. The van der Waals surface area contributed by atoms with Gasteiger partial charge in [-0.3, -0.25) is 10.1 Å². The third-order valence-corrected chi connectivity index (χ3v) is 1.84. The Balaban J connectivity index is 2.54. The van der Waals surface area contributed by atoms with Crippen LogP contribution in [-0.2, 0) is 0 Å². The summed E-state index contributed by atoms with van der Waals surface area (Å²) in [5.41, 5.74) is 1.08. The highest BCUT2D eigenvalue weighted by Gasteiger charge is 2.10. The van der Waals surface area contributed by atoms with Crippen molar-refractivity contribution in [2.45, 2.75) is 0 Å². The minimum Gasteiger partial charge on any atom is -0.268 e. The van der Waals surface area contributed by atoms with Crippen molar-refractivity contribution in [2.24, 2.45) is 0 Å². The van der Waals surface area contributed by atoms with Crippen LogP contribution in [0.1, 0.15) is 10.4 Å². The van der Waals surface area contributed by atoms with Crippen LogP contribution in [0.15, 0.2) is 30.6 Å². The van der Waals surface area contributed by atoms with E-state index in [0.717, 1.165) is 0 Å². The van der Waals surface area contributed by atoms with E-state index in [2.05, 4.69) is 10.4 Å². The zero-order chi connectivity index (χ0) is 9.97. The van der Waals surface area contributed by atoms with Crippen molar-refractivity contribution in [1.82, 2.24) is 14.9 Å². The van der Waals surface area contributed by atoms with Crippen LogP contribution in [0.3, 0.4) is 0 Å². The van der Waals surface area contributed by atoms with Crippen molar-refractivity contribution in [2.75, 3.05) is 0 Å². The maximum Gasteiger partial charge on any atom is 0.268 e. The van der Waals surface area contributed by atoms with E-state index in [4.69, 9.17) is 5.26 Å². The number of fused-ring (bicyclic) bond motifs is 1. The van der Waals surface area contributed by atoms with Crippen molar-refractivity contribution in [3.63, 3.8) is 0 Å². The molecule has 0 atom stereocenters. The van der Waals surface area contributed by atoms with Gasteiger partial charge in [0, 0.05) is 6.20 Å². The number of hydrogen-bond donors (Lipinski definition) is 1. The number of aromatic nitrogens is 2. The molecule has 0 aromatic carbocycles. The van der Waals surface area contributed by atoms with Crippen LogP contribution in [0, 0.1) is 11.5 Å². The summed E-state index contributed by atoms with van der Waals surface area (Å²) in [6.07, 6.45) is 4.75. The van der Waals surface area contributed by atoms with E-state index in [0.29, 0.717) is 11.1 Å². The van der Waals surface area contributed by atoms with E-state index in [1.807, 2.05) is 6.07 Å².